The van der Waals surface area contributed by atoms with Crippen molar-refractivity contribution in [3.05, 3.63) is 162 Å². The average Bonchev–Trinajstić information content (AvgIpc) is 3.53. The van der Waals surface area contributed by atoms with Crippen LogP contribution in [0.2, 0.25) is 0 Å². The van der Waals surface area contributed by atoms with Gasteiger partial charge in [0.15, 0.2) is 0 Å². The summed E-state index contributed by atoms with van der Waals surface area (Å²) in [7, 11) is 2.20. The molecular formula is C46H42N2. The number of nitrogens with zero attached hydrogens (tertiary/aromatic N) is 2. The first-order chi connectivity index (χ1) is 23.1. The molecule has 1 aromatic heterocycles. The summed E-state index contributed by atoms with van der Waals surface area (Å²) in [4.78, 5) is 2.41. The van der Waals surface area contributed by atoms with E-state index in [0.717, 1.165) is 17.1 Å². The molecule has 1 aliphatic rings. The van der Waals surface area contributed by atoms with Gasteiger partial charge < -0.3 is 9.47 Å². The van der Waals surface area contributed by atoms with Crippen LogP contribution >= 0.6 is 0 Å². The summed E-state index contributed by atoms with van der Waals surface area (Å²) in [6.45, 7) is 11.6. The first-order valence-corrected chi connectivity index (χ1v) is 17.0. The zero-order valence-corrected chi connectivity index (χ0v) is 28.8. The van der Waals surface area contributed by atoms with Gasteiger partial charge in [0.25, 0.3) is 0 Å². The van der Waals surface area contributed by atoms with Gasteiger partial charge in [0, 0.05) is 57.1 Å². The zero-order valence-electron chi connectivity index (χ0n) is 28.8. The van der Waals surface area contributed by atoms with E-state index in [2.05, 4.69) is 197 Å². The molecule has 2 heteroatoms. The lowest BCUT2D eigenvalue weighted by Gasteiger charge is -2.28. The number of aryl methyl sites for hydroxylation is 1. The second-order valence-corrected chi connectivity index (χ2v) is 14.7. The molecule has 2 nitrogen and oxygen atoms in total. The van der Waals surface area contributed by atoms with E-state index in [4.69, 9.17) is 0 Å². The molecule has 6 aromatic carbocycles. The molecule has 0 unspecified atom stereocenters. The molecule has 236 valence electrons. The summed E-state index contributed by atoms with van der Waals surface area (Å²) in [5.41, 5.74) is 16.4. The molecule has 1 heterocycles. The highest BCUT2D eigenvalue weighted by atomic mass is 15.1. The normalized spacial score (nSPS) is 13.4. The van der Waals surface area contributed by atoms with Crippen molar-refractivity contribution in [2.24, 2.45) is 7.05 Å². The van der Waals surface area contributed by atoms with Crippen molar-refractivity contribution >= 4 is 28.0 Å². The summed E-state index contributed by atoms with van der Waals surface area (Å²) < 4.78 is 2.38. The Bertz CT molecular complexity index is 2280. The molecule has 0 N–H and O–H groups in total. The van der Waals surface area contributed by atoms with Gasteiger partial charge in [-0.1, -0.05) is 138 Å². The first-order valence-electron chi connectivity index (χ1n) is 17.0. The number of hydrogen-bond donors (Lipinski definition) is 0. The third-order valence-corrected chi connectivity index (χ3v) is 10.3. The summed E-state index contributed by atoms with van der Waals surface area (Å²) in [6, 6.07) is 53.5. The first kappa shape index (κ1) is 30.0. The highest BCUT2D eigenvalue weighted by molar-refractivity contribution is 5.99. The molecule has 0 saturated carbocycles. The second kappa shape index (κ2) is 11.1. The third kappa shape index (κ3) is 4.78. The lowest BCUT2D eigenvalue weighted by atomic mass is 9.82. The van der Waals surface area contributed by atoms with Gasteiger partial charge in [-0.05, 0) is 81.4 Å². The van der Waals surface area contributed by atoms with E-state index in [1.807, 2.05) is 0 Å². The minimum Gasteiger partial charge on any atom is -0.347 e. The molecule has 0 saturated heterocycles. The number of anilines is 3. The number of fused-ring (bicyclic) bond motifs is 4. The summed E-state index contributed by atoms with van der Waals surface area (Å²) in [6.07, 6.45) is 0. The topological polar surface area (TPSA) is 8.17 Å². The van der Waals surface area contributed by atoms with Crippen molar-refractivity contribution in [3.63, 3.8) is 0 Å². The molecule has 7 aromatic rings. The van der Waals surface area contributed by atoms with Gasteiger partial charge in [-0.25, -0.2) is 0 Å². The number of para-hydroxylation sites is 1. The Balaban J connectivity index is 1.27. The Labute approximate surface area is 284 Å². The molecular weight excluding hydrogens is 581 g/mol. The maximum Gasteiger partial charge on any atom is 0.0486 e. The molecule has 1 aliphatic carbocycles. The molecule has 0 spiro atoms. The van der Waals surface area contributed by atoms with Crippen LogP contribution in [-0.4, -0.2) is 4.57 Å². The highest BCUT2D eigenvalue weighted by Gasteiger charge is 2.35. The standard InChI is InChI=1S/C46H42N2/c1-45(2,3)44-43(39-17-11-13-19-42(39)47(44)6)33-22-26-35(27-23-33)48(34-24-20-32(21-25-34)31-14-8-7-9-15-31)36-28-29-38-37-16-10-12-18-40(37)46(4,5)41(38)30-36/h7-30H,1-6H3. The van der Waals surface area contributed by atoms with E-state index in [9.17, 15) is 0 Å². The van der Waals surface area contributed by atoms with Crippen molar-refractivity contribution < 1.29 is 0 Å². The van der Waals surface area contributed by atoms with Crippen LogP contribution in [0.25, 0.3) is 44.3 Å². The summed E-state index contributed by atoms with van der Waals surface area (Å²) in [5.74, 6) is 0. The Morgan fingerprint density at radius 2 is 1.06 bits per heavy atom. The maximum atomic E-state index is 2.41. The van der Waals surface area contributed by atoms with Gasteiger partial charge in [-0.15, -0.1) is 0 Å². The van der Waals surface area contributed by atoms with Gasteiger partial charge in [0.2, 0.25) is 0 Å². The lowest BCUT2D eigenvalue weighted by Crippen LogP contribution is -2.17. The predicted octanol–water partition coefficient (Wildman–Crippen LogP) is 12.6. The van der Waals surface area contributed by atoms with Crippen LogP contribution in [0.4, 0.5) is 17.1 Å². The minimum atomic E-state index is -0.0770. The molecule has 48 heavy (non-hydrogen) atoms. The average molecular weight is 623 g/mol. The number of aromatic nitrogens is 1. The molecule has 0 radical (unpaired) electrons. The van der Waals surface area contributed by atoms with Crippen LogP contribution < -0.4 is 4.90 Å². The predicted molar refractivity (Wildman–Crippen MR) is 205 cm³/mol. The van der Waals surface area contributed by atoms with Gasteiger partial charge in [-0.3, -0.25) is 0 Å². The number of hydrogen-bond acceptors (Lipinski definition) is 1. The molecule has 0 amide bonds. The maximum absolute atomic E-state index is 2.41. The quantitative estimate of drug-likeness (QED) is 0.185. The molecule has 0 bridgehead atoms. The van der Waals surface area contributed by atoms with Crippen LogP contribution in [0.1, 0.15) is 51.4 Å². The third-order valence-electron chi connectivity index (χ3n) is 10.3. The van der Waals surface area contributed by atoms with Crippen LogP contribution in [0.15, 0.2) is 146 Å². The van der Waals surface area contributed by atoms with Crippen molar-refractivity contribution in [3.8, 4) is 33.4 Å². The molecule has 0 fully saturated rings. The Morgan fingerprint density at radius 3 is 1.75 bits per heavy atom. The van der Waals surface area contributed by atoms with Crippen molar-refractivity contribution in [1.29, 1.82) is 0 Å². The second-order valence-electron chi connectivity index (χ2n) is 14.7. The Hall–Kier alpha value is -5.34. The highest BCUT2D eigenvalue weighted by Crippen LogP contribution is 2.51. The van der Waals surface area contributed by atoms with Crippen molar-refractivity contribution in [1.82, 2.24) is 4.57 Å². The van der Waals surface area contributed by atoms with Gasteiger partial charge in [-0.2, -0.15) is 0 Å². The summed E-state index contributed by atoms with van der Waals surface area (Å²) >= 11 is 0. The van der Waals surface area contributed by atoms with E-state index >= 15 is 0 Å². The van der Waals surface area contributed by atoms with Gasteiger partial charge in [0.1, 0.15) is 0 Å². The van der Waals surface area contributed by atoms with Gasteiger partial charge in [0.05, 0.1) is 0 Å². The van der Waals surface area contributed by atoms with Crippen molar-refractivity contribution in [2.75, 3.05) is 4.90 Å². The van der Waals surface area contributed by atoms with Crippen LogP contribution in [0.3, 0.4) is 0 Å². The van der Waals surface area contributed by atoms with Crippen LogP contribution in [0, 0.1) is 0 Å². The fourth-order valence-electron chi connectivity index (χ4n) is 8.05. The number of benzene rings is 6. The zero-order chi connectivity index (χ0) is 33.2. The SMILES string of the molecule is Cn1c(C(C)(C)C)c(-c2ccc(N(c3ccc(-c4ccccc4)cc3)c3ccc4c(c3)C(C)(C)c3ccccc3-4)cc2)c2ccccc21. The largest absolute Gasteiger partial charge is 0.347 e. The Morgan fingerprint density at radius 1 is 0.521 bits per heavy atom. The van der Waals surface area contributed by atoms with E-state index in [1.54, 1.807) is 0 Å². The molecule has 8 rings (SSSR count). The number of rotatable bonds is 5. The van der Waals surface area contributed by atoms with Crippen LogP contribution in [-0.2, 0) is 17.9 Å². The molecule has 0 atom stereocenters. The fourth-order valence-corrected chi connectivity index (χ4v) is 8.05. The van der Waals surface area contributed by atoms with E-state index in [-0.39, 0.29) is 10.8 Å². The van der Waals surface area contributed by atoms with E-state index < -0.39 is 0 Å². The Kier molecular flexibility index (Phi) is 6.96. The fraction of sp³-hybridized carbons (Fsp3) is 0.174. The minimum absolute atomic E-state index is 0.0108. The van der Waals surface area contributed by atoms with Crippen molar-refractivity contribution in [2.45, 2.75) is 45.4 Å². The van der Waals surface area contributed by atoms with Gasteiger partial charge >= 0.3 is 0 Å². The monoisotopic (exact) mass is 622 g/mol. The van der Waals surface area contributed by atoms with Crippen LogP contribution in [0.5, 0.6) is 0 Å². The molecule has 0 aliphatic heterocycles. The van der Waals surface area contributed by atoms with E-state index in [1.165, 1.54) is 61.1 Å². The van der Waals surface area contributed by atoms with E-state index in [0.29, 0.717) is 0 Å². The smallest absolute Gasteiger partial charge is 0.0486 e. The lowest BCUT2D eigenvalue weighted by molar-refractivity contribution is 0.549. The summed E-state index contributed by atoms with van der Waals surface area (Å²) in [5, 5.41) is 1.30.